The van der Waals surface area contributed by atoms with Crippen LogP contribution in [0.4, 0.5) is 0 Å². The number of aromatic hydroxyl groups is 2. The third kappa shape index (κ3) is 33.8. The molecule has 148 heavy (non-hydrogen) atoms. The third-order valence-corrected chi connectivity index (χ3v) is 34.0. The molecule has 14 atom stereocenters. The van der Waals surface area contributed by atoms with Crippen molar-refractivity contribution >= 4 is 32.4 Å². The average Bonchev–Trinajstić information content (AvgIpc) is 1.52. The van der Waals surface area contributed by atoms with E-state index in [1.54, 1.807) is 24.3 Å². The summed E-state index contributed by atoms with van der Waals surface area (Å²) >= 11 is 0. The molecule has 2 N–H and O–H groups in total. The van der Waals surface area contributed by atoms with Crippen molar-refractivity contribution in [3.63, 3.8) is 0 Å². The average molecular weight is 2030 g/mol. The van der Waals surface area contributed by atoms with Gasteiger partial charge in [-0.2, -0.15) is 0 Å². The largest absolute Gasteiger partial charge is 0.633 e. The Morgan fingerprint density at radius 2 is 0.777 bits per heavy atom. The van der Waals surface area contributed by atoms with Gasteiger partial charge in [-0.25, -0.2) is 0 Å². The second-order valence-corrected chi connectivity index (χ2v) is 45.6. The van der Waals surface area contributed by atoms with Crippen LogP contribution in [-0.4, -0.2) is 114 Å². The number of rotatable bonds is 35. The van der Waals surface area contributed by atoms with Gasteiger partial charge in [0.15, 0.2) is 16.4 Å². The maximum absolute atomic E-state index is 12.6. The van der Waals surface area contributed by atoms with Crippen molar-refractivity contribution < 1.29 is 62.2 Å². The van der Waals surface area contributed by atoms with Gasteiger partial charge in [-0.05, 0) is 341 Å². The minimum Gasteiger partial charge on any atom is -0.633 e. The Balaban J connectivity index is 0.000000172. The van der Waals surface area contributed by atoms with E-state index in [0.717, 1.165) is 65.9 Å². The number of phenolic OH excluding ortho intramolecular Hbond substituents is 2. The van der Waals surface area contributed by atoms with Crippen LogP contribution in [0.5, 0.6) is 34.5 Å². The van der Waals surface area contributed by atoms with E-state index in [4.69, 9.17) is 57.6 Å². The summed E-state index contributed by atoms with van der Waals surface area (Å²) in [5.74, 6) is 15.6. The van der Waals surface area contributed by atoms with Crippen molar-refractivity contribution in [2.45, 2.75) is 328 Å². The first-order valence-corrected chi connectivity index (χ1v) is 56.7. The van der Waals surface area contributed by atoms with Crippen molar-refractivity contribution in [2.75, 3.05) is 81.2 Å². The van der Waals surface area contributed by atoms with Gasteiger partial charge >= 0.3 is 0 Å². The quantitative estimate of drug-likeness (QED) is 0.0127. The van der Waals surface area contributed by atoms with Crippen molar-refractivity contribution in [3.8, 4) is 34.5 Å². The highest BCUT2D eigenvalue weighted by Gasteiger charge is 2.55. The van der Waals surface area contributed by atoms with Crippen LogP contribution >= 0.6 is 0 Å². The number of quaternary nitrogens is 1. The molecule has 802 valence electrons. The number of benzene rings is 12. The minimum absolute atomic E-state index is 0.0715. The molecule has 14 unspecified atom stereocenters. The van der Waals surface area contributed by atoms with E-state index in [0.29, 0.717) is 128 Å². The predicted molar refractivity (Wildman–Crippen MR) is 618 cm³/mol. The van der Waals surface area contributed by atoms with E-state index >= 15 is 0 Å². The zero-order valence-corrected chi connectivity index (χ0v) is 95.7. The van der Waals surface area contributed by atoms with E-state index < -0.39 is 4.65 Å². The van der Waals surface area contributed by atoms with Crippen LogP contribution in [0.3, 0.4) is 0 Å². The van der Waals surface area contributed by atoms with Gasteiger partial charge in [0, 0.05) is 27.2 Å². The summed E-state index contributed by atoms with van der Waals surface area (Å²) in [7, 11) is 4.53. The molecule has 15 heteroatoms. The fourth-order valence-electron chi connectivity index (χ4n) is 21.1. The molecule has 0 radical (unpaired) electrons. The molecule has 14 nitrogen and oxygen atoms in total. The predicted octanol–water partition coefficient (Wildman–Crippen LogP) is 35.5. The first-order chi connectivity index (χ1) is 71.0. The number of hydrogen-bond acceptors (Lipinski definition) is 13. The molecule has 2 bridgehead atoms. The van der Waals surface area contributed by atoms with Gasteiger partial charge in [-0.3, -0.25) is 0 Å². The minimum atomic E-state index is -0.447. The lowest BCUT2D eigenvalue weighted by molar-refractivity contribution is -0.882. The molecule has 0 aromatic heterocycles. The second kappa shape index (κ2) is 59.8. The summed E-state index contributed by atoms with van der Waals surface area (Å²) in [4.78, 5) is 3.85. The van der Waals surface area contributed by atoms with Crippen LogP contribution in [-0.2, 0) is 44.1 Å². The SMILES string of the molecule is CC1c2cccc3cccc(c23)C1C.CC1c2cccc3cccc(c23)C1C.CCC(C)c1ccc(O)cc1.CCC(C)c1ccc(O)cc1.CCC(C)c1ccc(OC(C)(C)CC)cc1.CCC(C)c1ccc(OC(OC2CC3CC2C2CCCC32)C(C)C)cc1.COCOCC[N+]([O-])(CCOCOC)CCOCOC.Cc1c(C(C)C)cc(C(C)C)cc1C(C)C.c1ccc([S+]2c3ccccc3Oc3ccccc32)cc1. The summed E-state index contributed by atoms with van der Waals surface area (Å²) in [6.07, 6.45) is 13.0. The Morgan fingerprint density at radius 1 is 0.412 bits per heavy atom. The van der Waals surface area contributed by atoms with E-state index in [1.165, 1.54) is 169 Å². The van der Waals surface area contributed by atoms with E-state index in [2.05, 4.69) is 354 Å². The van der Waals surface area contributed by atoms with Crippen molar-refractivity contribution in [2.24, 2.45) is 29.6 Å². The van der Waals surface area contributed by atoms with E-state index in [9.17, 15) is 5.21 Å². The molecule has 12 aromatic carbocycles. The molecule has 3 fully saturated rings. The molecule has 1 heterocycles. The van der Waals surface area contributed by atoms with Crippen LogP contribution < -0.4 is 14.2 Å². The molecule has 0 spiro atoms. The highest BCUT2D eigenvalue weighted by atomic mass is 32.2. The molecule has 18 rings (SSSR count). The zero-order valence-electron chi connectivity index (χ0n) is 94.9. The molecule has 3 saturated carbocycles. The van der Waals surface area contributed by atoms with Crippen LogP contribution in [0.1, 0.15) is 355 Å². The van der Waals surface area contributed by atoms with Crippen molar-refractivity contribution in [1.82, 2.24) is 0 Å². The number of ether oxygens (including phenoxy) is 10. The number of hydrogen-bond donors (Lipinski definition) is 2. The normalized spacial score (nSPS) is 18.8. The van der Waals surface area contributed by atoms with Gasteiger partial charge in [0.1, 0.15) is 79.5 Å². The number of hydroxylamine groups is 3. The molecule has 0 saturated heterocycles. The molecule has 6 aliphatic rings. The van der Waals surface area contributed by atoms with Gasteiger partial charge in [-0.1, -0.05) is 328 Å². The van der Waals surface area contributed by atoms with Crippen molar-refractivity contribution in [3.05, 3.63) is 333 Å². The number of phenols is 2. The Hall–Kier alpha value is -9.85. The maximum Gasteiger partial charge on any atom is 0.209 e. The maximum atomic E-state index is 12.6. The fourth-order valence-corrected chi connectivity index (χ4v) is 23.3. The number of nitrogens with zero attached hydrogens (tertiary/aromatic N) is 1. The second-order valence-electron chi connectivity index (χ2n) is 43.6. The Morgan fingerprint density at radius 3 is 1.14 bits per heavy atom. The van der Waals surface area contributed by atoms with Crippen LogP contribution in [0.15, 0.2) is 276 Å². The number of para-hydroxylation sites is 2. The Labute approximate surface area is 895 Å². The smallest absolute Gasteiger partial charge is 0.209 e. The lowest BCUT2D eigenvalue weighted by Gasteiger charge is -2.42. The van der Waals surface area contributed by atoms with Gasteiger partial charge in [0.05, 0.1) is 25.9 Å². The molecule has 0 amide bonds. The third-order valence-electron chi connectivity index (χ3n) is 31.7. The summed E-state index contributed by atoms with van der Waals surface area (Å²) in [5, 5.41) is 36.4. The van der Waals surface area contributed by atoms with Gasteiger partial charge in [0.25, 0.3) is 0 Å². The lowest BCUT2D eigenvalue weighted by atomic mass is 9.80. The Kier molecular flexibility index (Phi) is 48.5. The molecular formula is C133H182NO13S+. The number of fused-ring (bicyclic) bond motifs is 7. The van der Waals surface area contributed by atoms with Crippen LogP contribution in [0.2, 0.25) is 0 Å². The lowest BCUT2D eigenvalue weighted by Crippen LogP contribution is -2.49. The highest BCUT2D eigenvalue weighted by Crippen LogP contribution is 2.60. The van der Waals surface area contributed by atoms with Crippen molar-refractivity contribution in [1.29, 1.82) is 0 Å². The first kappa shape index (κ1) is 120. The summed E-state index contributed by atoms with van der Waals surface area (Å²) in [5.41, 5.74) is 17.5. The van der Waals surface area contributed by atoms with Gasteiger partial charge < -0.3 is 67.4 Å². The molecule has 5 aliphatic carbocycles. The summed E-state index contributed by atoms with van der Waals surface area (Å²) in [6, 6.07) is 90.8. The van der Waals surface area contributed by atoms with Gasteiger partial charge in [0.2, 0.25) is 16.1 Å². The Bertz CT molecular complexity index is 5520. The zero-order chi connectivity index (χ0) is 107. The topological polar surface area (TPSA) is 156 Å². The molecule has 12 aromatic rings. The monoisotopic (exact) mass is 2030 g/mol. The first-order valence-electron chi connectivity index (χ1n) is 55.4. The van der Waals surface area contributed by atoms with E-state index in [-0.39, 0.29) is 43.2 Å². The summed E-state index contributed by atoms with van der Waals surface area (Å²) in [6.45, 7) is 56.3. The van der Waals surface area contributed by atoms with Gasteiger partial charge in [-0.15, -0.1) is 0 Å². The highest BCUT2D eigenvalue weighted by molar-refractivity contribution is 7.97. The van der Waals surface area contributed by atoms with Crippen LogP contribution in [0, 0.1) is 41.7 Å². The summed E-state index contributed by atoms with van der Waals surface area (Å²) < 4.78 is 54.2. The molecule has 1 aliphatic heterocycles. The standard InChI is InChI=1S/C24H36O2.C18H13OS.C16H26.C15H24O.2C14H14.C12H27NO7.2C10H14O/c1-5-16(4)17-9-11-19(12-10-17)25-24(15(2)3)26-23-14-18-13-22(23)21-8-6-7-20(18)21;1-2-8-14(9-3-1)20-17-12-6-4-10-15(17)19-16-11-5-7-13-18(16)20;1-10(2)14-8-15(11(3)4)13(7)16(9-14)12(5)6;1-6-12(3)13-8-10-14(11-9-13)16-15(4,5)7-2;2*1-9-10(2)13-8-4-6-11-5-3-7-12(9)14(11)13;1-15-10-18-7-4-13(14,5-8-19-11-16-2)6-9-20-12-17-3;2*1-3-8(2)9-4-6-10(11)7-5-9/h9-12,15-16,18,20-24H,5-8,13-14H2,1-4H3;1-13H;8-12H,1-7H3;8-12H,6-7H2,1-5H3;2*3-10H,1-2H3;4-12H2,1-3H3;2*4-8,11H,3H2,1-2H3/q;+1;;;;;;;. The van der Waals surface area contributed by atoms with E-state index in [1.807, 2.05) is 48.5 Å². The van der Waals surface area contributed by atoms with Crippen LogP contribution in [0.25, 0.3) is 21.5 Å². The number of methoxy groups -OCH3 is 3. The fraction of sp³-hybridized carbons (Fsp3) is 0.489. The molecular weight excluding hydrogens is 1850 g/mol.